The zero-order valence-electron chi connectivity index (χ0n) is 12.2. The lowest BCUT2D eigenvalue weighted by Crippen LogP contribution is -2.30. The lowest BCUT2D eigenvalue weighted by Gasteiger charge is -2.03. The van der Waals surface area contributed by atoms with Gasteiger partial charge in [-0.2, -0.15) is 0 Å². The van der Waals surface area contributed by atoms with Gasteiger partial charge in [-0.3, -0.25) is 14.6 Å². The van der Waals surface area contributed by atoms with Crippen molar-refractivity contribution in [3.63, 3.8) is 0 Å². The number of carboxylic acids is 2. The molecule has 0 aromatic rings. The number of nitrogens with two attached hydrogens (primary N) is 4. The van der Waals surface area contributed by atoms with Crippen LogP contribution in [0.5, 0.6) is 0 Å². The molecule has 0 fully saturated rings. The molecule has 9 heteroatoms. The zero-order valence-corrected chi connectivity index (χ0v) is 12.2. The van der Waals surface area contributed by atoms with E-state index < -0.39 is 18.0 Å². The molecule has 9 nitrogen and oxygen atoms in total. The third-order valence-corrected chi connectivity index (χ3v) is 2.38. The molecule has 0 aromatic heterocycles. The Morgan fingerprint density at radius 3 is 2.10 bits per heavy atom. The van der Waals surface area contributed by atoms with Gasteiger partial charge in [0.15, 0.2) is 5.96 Å². The van der Waals surface area contributed by atoms with E-state index in [1.807, 2.05) is 0 Å². The van der Waals surface area contributed by atoms with Crippen molar-refractivity contribution in [3.8, 4) is 0 Å². The van der Waals surface area contributed by atoms with E-state index >= 15 is 0 Å². The average Bonchev–Trinajstić information content (AvgIpc) is 2.39. The first kappa shape index (κ1) is 21.4. The minimum absolute atomic E-state index is 0.0129. The summed E-state index contributed by atoms with van der Waals surface area (Å²) in [6, 6.07) is -0.820. The van der Waals surface area contributed by atoms with Crippen molar-refractivity contribution in [1.29, 1.82) is 0 Å². The lowest BCUT2D eigenvalue weighted by atomic mass is 10.2. The van der Waals surface area contributed by atoms with Crippen molar-refractivity contribution >= 4 is 17.9 Å². The van der Waals surface area contributed by atoms with Crippen LogP contribution in [0, 0.1) is 0 Å². The molecule has 0 spiro atoms. The Morgan fingerprint density at radius 2 is 1.67 bits per heavy atom. The van der Waals surface area contributed by atoms with E-state index in [-0.39, 0.29) is 12.4 Å². The summed E-state index contributed by atoms with van der Waals surface area (Å²) in [5.41, 5.74) is 20.5. The van der Waals surface area contributed by atoms with Crippen molar-refractivity contribution in [2.75, 3.05) is 13.1 Å². The smallest absolute Gasteiger partial charge is 0.320 e. The van der Waals surface area contributed by atoms with Crippen LogP contribution in [0.15, 0.2) is 4.99 Å². The molecule has 0 aliphatic heterocycles. The molecule has 0 aliphatic rings. The van der Waals surface area contributed by atoms with E-state index in [1.54, 1.807) is 0 Å². The van der Waals surface area contributed by atoms with Crippen LogP contribution in [0.4, 0.5) is 0 Å². The Balaban J connectivity index is 0. The summed E-state index contributed by atoms with van der Waals surface area (Å²) in [5, 5.41) is 16.6. The SMILES string of the molecule is NC(N)=NCCCC(N)C(=O)O.NCCCCCC(=O)O. The quantitative estimate of drug-likeness (QED) is 0.169. The molecule has 0 heterocycles. The number of guanidine groups is 1. The molecule has 0 saturated heterocycles. The van der Waals surface area contributed by atoms with Crippen LogP contribution in [-0.2, 0) is 9.59 Å². The first-order valence-electron chi connectivity index (χ1n) is 6.76. The molecule has 0 aliphatic carbocycles. The van der Waals surface area contributed by atoms with Crippen LogP contribution in [0.2, 0.25) is 0 Å². The van der Waals surface area contributed by atoms with E-state index in [0.29, 0.717) is 25.9 Å². The zero-order chi connectivity index (χ0) is 16.7. The van der Waals surface area contributed by atoms with Crippen LogP contribution in [0.25, 0.3) is 0 Å². The van der Waals surface area contributed by atoms with E-state index in [9.17, 15) is 9.59 Å². The van der Waals surface area contributed by atoms with Crippen LogP contribution in [0.1, 0.15) is 38.5 Å². The third-order valence-electron chi connectivity index (χ3n) is 2.38. The number of hydrogen-bond acceptors (Lipinski definition) is 5. The van der Waals surface area contributed by atoms with Gasteiger partial charge >= 0.3 is 11.9 Å². The van der Waals surface area contributed by atoms with Gasteiger partial charge in [-0.05, 0) is 32.2 Å². The second-order valence-electron chi connectivity index (χ2n) is 4.39. The minimum atomic E-state index is -1.00. The van der Waals surface area contributed by atoms with Crippen molar-refractivity contribution in [2.45, 2.75) is 44.6 Å². The van der Waals surface area contributed by atoms with Gasteiger partial charge in [0.05, 0.1) is 0 Å². The van der Waals surface area contributed by atoms with E-state index in [2.05, 4.69) is 4.99 Å². The Morgan fingerprint density at radius 1 is 1.05 bits per heavy atom. The number of rotatable bonds is 10. The Labute approximate surface area is 124 Å². The Kier molecular flexibility index (Phi) is 14.8. The molecule has 0 saturated carbocycles. The first-order valence-corrected chi connectivity index (χ1v) is 6.76. The molecular formula is C12H27N5O4. The molecule has 0 bridgehead atoms. The molecule has 124 valence electrons. The predicted octanol–water partition coefficient (Wildman–Crippen LogP) is -0.958. The molecule has 0 rings (SSSR count). The third kappa shape index (κ3) is 20.6. The van der Waals surface area contributed by atoms with Gasteiger partial charge < -0.3 is 33.1 Å². The standard InChI is InChI=1S/C6H14N4O2.C6H13NO2/c7-4(5(11)12)2-1-3-10-6(8)9;7-5-3-1-2-4-6(8)9/h4H,1-3,7H2,(H,11,12)(H4,8,9,10);1-5,7H2,(H,8,9). The van der Waals surface area contributed by atoms with Crippen molar-refractivity contribution in [3.05, 3.63) is 0 Å². The van der Waals surface area contributed by atoms with Gasteiger partial charge in [0.25, 0.3) is 0 Å². The molecule has 1 atom stereocenters. The molecule has 21 heavy (non-hydrogen) atoms. The van der Waals surface area contributed by atoms with Gasteiger partial charge in [0.2, 0.25) is 0 Å². The number of hydrogen-bond donors (Lipinski definition) is 6. The van der Waals surface area contributed by atoms with Crippen molar-refractivity contribution in [1.82, 2.24) is 0 Å². The molecule has 0 aromatic carbocycles. The highest BCUT2D eigenvalue weighted by Gasteiger charge is 2.09. The fourth-order valence-corrected chi connectivity index (χ4v) is 1.24. The minimum Gasteiger partial charge on any atom is -0.481 e. The van der Waals surface area contributed by atoms with Gasteiger partial charge in [-0.25, -0.2) is 0 Å². The van der Waals surface area contributed by atoms with Gasteiger partial charge in [-0.15, -0.1) is 0 Å². The maximum absolute atomic E-state index is 10.2. The number of carbonyl (C=O) groups is 2. The highest BCUT2D eigenvalue weighted by atomic mass is 16.4. The molecule has 1 unspecified atom stereocenters. The van der Waals surface area contributed by atoms with Crippen LogP contribution < -0.4 is 22.9 Å². The molecular weight excluding hydrogens is 278 g/mol. The number of aliphatic imine (C=N–C) groups is 1. The highest BCUT2D eigenvalue weighted by Crippen LogP contribution is 1.97. The second kappa shape index (κ2) is 14.5. The molecule has 0 amide bonds. The monoisotopic (exact) mass is 305 g/mol. The lowest BCUT2D eigenvalue weighted by molar-refractivity contribution is -0.139. The van der Waals surface area contributed by atoms with Crippen LogP contribution in [-0.4, -0.2) is 47.2 Å². The summed E-state index contributed by atoms with van der Waals surface area (Å²) in [4.78, 5) is 23.8. The van der Waals surface area contributed by atoms with Crippen LogP contribution >= 0.6 is 0 Å². The fraction of sp³-hybridized carbons (Fsp3) is 0.750. The predicted molar refractivity (Wildman–Crippen MR) is 80.7 cm³/mol. The van der Waals surface area contributed by atoms with Gasteiger partial charge in [0.1, 0.15) is 6.04 Å². The number of carboxylic acid groups (broad SMARTS) is 2. The maximum Gasteiger partial charge on any atom is 0.320 e. The summed E-state index contributed by atoms with van der Waals surface area (Å²) in [5.74, 6) is -1.70. The summed E-state index contributed by atoms with van der Waals surface area (Å²) >= 11 is 0. The summed E-state index contributed by atoms with van der Waals surface area (Å²) in [6.07, 6.45) is 3.86. The maximum atomic E-state index is 10.2. The Hall–Kier alpha value is -1.87. The average molecular weight is 305 g/mol. The van der Waals surface area contributed by atoms with Crippen LogP contribution in [0.3, 0.4) is 0 Å². The van der Waals surface area contributed by atoms with E-state index in [0.717, 1.165) is 19.3 Å². The largest absolute Gasteiger partial charge is 0.481 e. The normalized spacial score (nSPS) is 11.0. The number of aliphatic carboxylic acids is 2. The van der Waals surface area contributed by atoms with Crippen molar-refractivity contribution < 1.29 is 19.8 Å². The second-order valence-corrected chi connectivity index (χ2v) is 4.39. The topological polar surface area (TPSA) is 191 Å². The summed E-state index contributed by atoms with van der Waals surface area (Å²) in [6.45, 7) is 1.09. The first-order chi connectivity index (χ1) is 9.81. The number of unbranched alkanes of at least 4 members (excludes halogenated alkanes) is 2. The van der Waals surface area contributed by atoms with Crippen molar-refractivity contribution in [2.24, 2.45) is 27.9 Å². The Bertz CT molecular complexity index is 319. The van der Waals surface area contributed by atoms with E-state index in [1.165, 1.54) is 0 Å². The molecule has 10 N–H and O–H groups in total. The number of nitrogens with zero attached hydrogens (tertiary/aromatic N) is 1. The van der Waals surface area contributed by atoms with E-state index in [4.69, 9.17) is 33.1 Å². The van der Waals surface area contributed by atoms with Gasteiger partial charge in [-0.1, -0.05) is 6.42 Å². The molecule has 0 radical (unpaired) electrons. The van der Waals surface area contributed by atoms with Gasteiger partial charge in [0, 0.05) is 13.0 Å². The highest BCUT2D eigenvalue weighted by molar-refractivity contribution is 5.75. The summed E-state index contributed by atoms with van der Waals surface area (Å²) in [7, 11) is 0. The fourth-order valence-electron chi connectivity index (χ4n) is 1.24. The summed E-state index contributed by atoms with van der Waals surface area (Å²) < 4.78 is 0.